The first kappa shape index (κ1) is 29.3. The van der Waals surface area contributed by atoms with Crippen LogP contribution in [0.1, 0.15) is 45.1 Å². The van der Waals surface area contributed by atoms with Gasteiger partial charge in [-0.05, 0) is 67.8 Å². The highest BCUT2D eigenvalue weighted by molar-refractivity contribution is 7.90. The lowest BCUT2D eigenvalue weighted by Crippen LogP contribution is -2.51. The van der Waals surface area contributed by atoms with E-state index in [9.17, 15) is 17.6 Å². The quantitative estimate of drug-likeness (QED) is 0.266. The van der Waals surface area contributed by atoms with Crippen LogP contribution >= 0.6 is 0 Å². The number of nitrogens with zero attached hydrogens (tertiary/aromatic N) is 3. The van der Waals surface area contributed by atoms with Crippen molar-refractivity contribution in [2.75, 3.05) is 33.9 Å². The molecular formula is C33H36FN3O5S. The molecule has 2 aliphatic rings. The van der Waals surface area contributed by atoms with E-state index >= 15 is 0 Å². The van der Waals surface area contributed by atoms with E-state index in [2.05, 4.69) is 9.80 Å². The number of hydrogen-bond donors (Lipinski definition) is 0. The van der Waals surface area contributed by atoms with Gasteiger partial charge in [0.1, 0.15) is 11.9 Å². The fourth-order valence-corrected chi connectivity index (χ4v) is 8.03. The number of piperazine rings is 1. The summed E-state index contributed by atoms with van der Waals surface area (Å²) in [4.78, 5) is 16.8. The maximum atomic E-state index is 14.5. The van der Waals surface area contributed by atoms with Crippen molar-refractivity contribution < 1.29 is 27.1 Å². The van der Waals surface area contributed by atoms with Crippen LogP contribution in [-0.2, 0) is 21.3 Å². The largest absolute Gasteiger partial charge is 0.496 e. The number of carbonyl (C=O) groups is 1. The van der Waals surface area contributed by atoms with Gasteiger partial charge >= 0.3 is 5.97 Å². The molecule has 2 fully saturated rings. The molecule has 10 heteroatoms. The molecule has 3 aromatic carbocycles. The summed E-state index contributed by atoms with van der Waals surface area (Å²) in [6, 6.07) is 18.0. The Morgan fingerprint density at radius 1 is 0.977 bits per heavy atom. The van der Waals surface area contributed by atoms with E-state index in [0.717, 1.165) is 27.6 Å². The number of aromatic nitrogens is 1. The maximum Gasteiger partial charge on any atom is 0.337 e. The number of methoxy groups -OCH3 is 2. The number of carbonyl (C=O) groups excluding carboxylic acids is 1. The van der Waals surface area contributed by atoms with Crippen LogP contribution in [0.4, 0.5) is 4.39 Å². The number of halogens is 1. The second-order valence-electron chi connectivity index (χ2n) is 11.6. The minimum atomic E-state index is -3.84. The van der Waals surface area contributed by atoms with Gasteiger partial charge in [0.25, 0.3) is 10.0 Å². The maximum absolute atomic E-state index is 14.5. The Balaban J connectivity index is 1.42. The molecule has 2 saturated heterocycles. The lowest BCUT2D eigenvalue weighted by molar-refractivity contribution is 0.0441. The zero-order chi connectivity index (χ0) is 30.5. The standard InChI is InChI=1S/C33H36FN3O5S/c1-21-5-11-27(12-6-21)43(39,40)37-14-13-28-29(31(41-3)15-22(2)32(28)37)19-36-18-26-16-25(34)17-35(26)20-30(36)23-7-9-24(10-8-23)33(38)42-4/h5-15,25-26,30H,16-20H2,1-4H3/t25-,26+,30?/m1/s1. The smallest absolute Gasteiger partial charge is 0.337 e. The lowest BCUT2D eigenvalue weighted by Gasteiger charge is -2.44. The van der Waals surface area contributed by atoms with Crippen molar-refractivity contribution in [1.82, 2.24) is 13.8 Å². The van der Waals surface area contributed by atoms with Crippen molar-refractivity contribution in [3.05, 3.63) is 94.7 Å². The zero-order valence-electron chi connectivity index (χ0n) is 24.8. The lowest BCUT2D eigenvalue weighted by atomic mass is 9.96. The number of fused-ring (bicyclic) bond motifs is 2. The summed E-state index contributed by atoms with van der Waals surface area (Å²) >= 11 is 0. The molecular weight excluding hydrogens is 569 g/mol. The summed E-state index contributed by atoms with van der Waals surface area (Å²) in [5.74, 6) is 0.274. The Labute approximate surface area is 251 Å². The molecule has 3 heterocycles. The Hall–Kier alpha value is -3.73. The highest BCUT2D eigenvalue weighted by atomic mass is 32.2. The fourth-order valence-electron chi connectivity index (χ4n) is 6.62. The predicted octanol–water partition coefficient (Wildman–Crippen LogP) is 5.26. The molecule has 0 aliphatic carbocycles. The summed E-state index contributed by atoms with van der Waals surface area (Å²) < 4.78 is 54.2. The number of alkyl halides is 1. The third-order valence-corrected chi connectivity index (χ3v) is 10.5. The van der Waals surface area contributed by atoms with Gasteiger partial charge in [-0.2, -0.15) is 0 Å². The van der Waals surface area contributed by atoms with Crippen LogP contribution in [0.2, 0.25) is 0 Å². The normalized spacial score (nSPS) is 21.2. The SMILES string of the molecule is COC(=O)c1ccc(C2CN3C[C@H](F)C[C@H]3CN2Cc2c(OC)cc(C)c3c2ccn3S(=O)(=O)c2ccc(C)cc2)cc1. The van der Waals surface area contributed by atoms with Crippen LogP contribution in [0.3, 0.4) is 0 Å². The van der Waals surface area contributed by atoms with Gasteiger partial charge < -0.3 is 9.47 Å². The number of benzene rings is 3. The molecule has 0 radical (unpaired) electrons. The van der Waals surface area contributed by atoms with Crippen molar-refractivity contribution in [3.8, 4) is 5.75 Å². The molecule has 4 aromatic rings. The highest BCUT2D eigenvalue weighted by Crippen LogP contribution is 2.39. The molecule has 6 rings (SSSR count). The van der Waals surface area contributed by atoms with Crippen LogP contribution in [0.5, 0.6) is 5.75 Å². The van der Waals surface area contributed by atoms with Crippen LogP contribution in [0.15, 0.2) is 71.8 Å². The van der Waals surface area contributed by atoms with Gasteiger partial charge in [-0.3, -0.25) is 9.80 Å². The summed E-state index contributed by atoms with van der Waals surface area (Å²) in [6.07, 6.45) is 1.23. The number of ether oxygens (including phenoxy) is 2. The molecule has 0 N–H and O–H groups in total. The average Bonchev–Trinajstić information content (AvgIpc) is 3.62. The first-order chi connectivity index (χ1) is 20.6. The summed E-state index contributed by atoms with van der Waals surface area (Å²) in [5.41, 5.74) is 4.73. The molecule has 43 heavy (non-hydrogen) atoms. The molecule has 8 nitrogen and oxygen atoms in total. The summed E-state index contributed by atoms with van der Waals surface area (Å²) in [5, 5.41) is 0.796. The topological polar surface area (TPSA) is 81.1 Å². The van der Waals surface area contributed by atoms with Crippen molar-refractivity contribution in [2.24, 2.45) is 0 Å². The van der Waals surface area contributed by atoms with E-state index in [4.69, 9.17) is 9.47 Å². The van der Waals surface area contributed by atoms with Crippen LogP contribution in [0, 0.1) is 13.8 Å². The molecule has 1 unspecified atom stereocenters. The van der Waals surface area contributed by atoms with E-state index in [0.29, 0.717) is 49.4 Å². The van der Waals surface area contributed by atoms with Crippen LogP contribution < -0.4 is 4.74 Å². The van der Waals surface area contributed by atoms with Crippen molar-refractivity contribution in [2.45, 2.75) is 50.0 Å². The van der Waals surface area contributed by atoms with Gasteiger partial charge in [-0.15, -0.1) is 0 Å². The van der Waals surface area contributed by atoms with E-state index in [1.165, 1.54) is 11.1 Å². The van der Waals surface area contributed by atoms with E-state index in [1.807, 2.05) is 38.1 Å². The Bertz CT molecular complexity index is 1770. The van der Waals surface area contributed by atoms with Crippen molar-refractivity contribution in [3.63, 3.8) is 0 Å². The predicted molar refractivity (Wildman–Crippen MR) is 163 cm³/mol. The molecule has 1 aromatic heterocycles. The molecule has 3 atom stereocenters. The molecule has 2 aliphatic heterocycles. The minimum Gasteiger partial charge on any atom is -0.496 e. The number of esters is 1. The molecule has 226 valence electrons. The summed E-state index contributed by atoms with van der Waals surface area (Å²) in [7, 11) is -0.863. The first-order valence-electron chi connectivity index (χ1n) is 14.4. The van der Waals surface area contributed by atoms with Gasteiger partial charge in [0.15, 0.2) is 0 Å². The molecule has 0 spiro atoms. The Kier molecular flexibility index (Phi) is 7.78. The second kappa shape index (κ2) is 11.4. The molecule has 0 bridgehead atoms. The monoisotopic (exact) mass is 605 g/mol. The summed E-state index contributed by atoms with van der Waals surface area (Å²) in [6.45, 7) is 5.98. The first-order valence-corrected chi connectivity index (χ1v) is 15.8. The van der Waals surface area contributed by atoms with Crippen molar-refractivity contribution in [1.29, 1.82) is 0 Å². The number of rotatable bonds is 7. The Morgan fingerprint density at radius 3 is 2.37 bits per heavy atom. The third-order valence-electron chi connectivity index (χ3n) is 8.84. The Morgan fingerprint density at radius 2 is 1.70 bits per heavy atom. The van der Waals surface area contributed by atoms with Crippen LogP contribution in [0.25, 0.3) is 10.9 Å². The van der Waals surface area contributed by atoms with E-state index in [1.54, 1.807) is 49.7 Å². The fraction of sp³-hybridized carbons (Fsp3) is 0.364. The van der Waals surface area contributed by atoms with E-state index < -0.39 is 22.2 Å². The molecule has 0 saturated carbocycles. The number of hydrogen-bond acceptors (Lipinski definition) is 7. The second-order valence-corrected chi connectivity index (χ2v) is 13.4. The van der Waals surface area contributed by atoms with Crippen LogP contribution in [-0.4, -0.2) is 74.2 Å². The van der Waals surface area contributed by atoms with Gasteiger partial charge in [-0.1, -0.05) is 29.8 Å². The molecule has 0 amide bonds. The van der Waals surface area contributed by atoms with Gasteiger partial charge in [-0.25, -0.2) is 21.6 Å². The third kappa shape index (κ3) is 5.32. The zero-order valence-corrected chi connectivity index (χ0v) is 25.6. The van der Waals surface area contributed by atoms with Gasteiger partial charge in [0, 0.05) is 55.4 Å². The van der Waals surface area contributed by atoms with E-state index in [-0.39, 0.29) is 17.0 Å². The van der Waals surface area contributed by atoms with Gasteiger partial charge in [0.05, 0.1) is 30.2 Å². The van der Waals surface area contributed by atoms with Gasteiger partial charge in [0.2, 0.25) is 0 Å². The minimum absolute atomic E-state index is 0.0762. The average molecular weight is 606 g/mol. The highest BCUT2D eigenvalue weighted by Gasteiger charge is 2.41. The number of aryl methyl sites for hydroxylation is 2. The van der Waals surface area contributed by atoms with Crippen molar-refractivity contribution >= 4 is 26.9 Å².